The van der Waals surface area contributed by atoms with E-state index in [1.807, 2.05) is 0 Å². The van der Waals surface area contributed by atoms with E-state index in [-0.39, 0.29) is 27.0 Å². The predicted octanol–water partition coefficient (Wildman–Crippen LogP) is 3.50. The number of carbonyl (C=O) groups is 1. The Kier molecular flexibility index (Phi) is 5.16. The van der Waals surface area contributed by atoms with Crippen LogP contribution in [0.4, 0.5) is 11.4 Å². The van der Waals surface area contributed by atoms with Crippen molar-refractivity contribution in [1.82, 2.24) is 0 Å². The van der Waals surface area contributed by atoms with E-state index in [1.54, 1.807) is 13.8 Å². The van der Waals surface area contributed by atoms with Crippen LogP contribution in [0, 0.1) is 5.41 Å². The third-order valence-corrected chi connectivity index (χ3v) is 8.09. The zero-order valence-electron chi connectivity index (χ0n) is 14.8. The normalized spacial score (nSPS) is 18.3. The Hall–Kier alpha value is -1.81. The zero-order valence-corrected chi connectivity index (χ0v) is 18.0. The minimum Gasteiger partial charge on any atom is -0.278 e. The number of sulfonamides is 2. The van der Waals surface area contributed by atoms with Crippen molar-refractivity contribution in [3.63, 3.8) is 0 Å². The highest BCUT2D eigenvalue weighted by molar-refractivity contribution is 7.94. The summed E-state index contributed by atoms with van der Waals surface area (Å²) < 4.78 is 52.8. The molecule has 150 valence electrons. The average Bonchev–Trinajstić information content (AvgIpc) is 2.73. The smallest absolute Gasteiger partial charge is 0.261 e. The molecule has 2 aromatic rings. The van der Waals surface area contributed by atoms with Crippen molar-refractivity contribution in [2.24, 2.45) is 5.41 Å². The molecule has 1 amide bonds. The molecule has 0 radical (unpaired) electrons. The van der Waals surface area contributed by atoms with Gasteiger partial charge in [0.15, 0.2) is 0 Å². The number of hydrogen-bond acceptors (Lipinski definition) is 5. The van der Waals surface area contributed by atoms with Crippen LogP contribution in [-0.2, 0) is 24.8 Å². The average molecular weight is 463 g/mol. The van der Waals surface area contributed by atoms with Crippen LogP contribution in [0.15, 0.2) is 47.4 Å². The Balaban J connectivity index is 1.91. The van der Waals surface area contributed by atoms with Crippen LogP contribution in [-0.4, -0.2) is 28.5 Å². The van der Waals surface area contributed by atoms with Crippen molar-refractivity contribution in [3.05, 3.63) is 52.5 Å². The number of benzene rings is 2. The van der Waals surface area contributed by atoms with Crippen molar-refractivity contribution in [3.8, 4) is 0 Å². The van der Waals surface area contributed by atoms with Crippen LogP contribution in [0.2, 0.25) is 10.0 Å². The van der Waals surface area contributed by atoms with E-state index in [0.29, 0.717) is 9.33 Å². The third kappa shape index (κ3) is 3.84. The first-order valence-corrected chi connectivity index (χ1v) is 11.8. The molecule has 0 spiro atoms. The van der Waals surface area contributed by atoms with Gasteiger partial charge >= 0.3 is 0 Å². The van der Waals surface area contributed by atoms with E-state index in [2.05, 4.69) is 4.72 Å². The van der Waals surface area contributed by atoms with Gasteiger partial charge in [-0.3, -0.25) is 9.52 Å². The molecule has 1 aliphatic heterocycles. The van der Waals surface area contributed by atoms with Gasteiger partial charge in [-0.25, -0.2) is 21.1 Å². The van der Waals surface area contributed by atoms with Crippen molar-refractivity contribution in [2.45, 2.75) is 18.7 Å². The molecule has 0 saturated carbocycles. The summed E-state index contributed by atoms with van der Waals surface area (Å²) in [6, 6.07) is 9.29. The first-order valence-electron chi connectivity index (χ1n) is 7.99. The van der Waals surface area contributed by atoms with Gasteiger partial charge < -0.3 is 0 Å². The number of nitrogens with one attached hydrogen (secondary N) is 1. The fourth-order valence-corrected chi connectivity index (χ4v) is 6.50. The number of nitrogens with zero attached hydrogens (tertiary/aromatic N) is 1. The van der Waals surface area contributed by atoms with Crippen LogP contribution in [0.25, 0.3) is 0 Å². The highest BCUT2D eigenvalue weighted by atomic mass is 35.5. The standard InChI is InChI=1S/C17H16Cl2N2O5S2/c1-17(2)10-27(23,24)21(16(17)22)12-4-6-13(7-5-12)28(25,26)20-15-8-3-11(18)9-14(15)19/h3-9,20H,10H2,1-2H3. The van der Waals surface area contributed by atoms with Crippen molar-refractivity contribution >= 4 is 60.5 Å². The molecular weight excluding hydrogens is 447 g/mol. The number of carbonyl (C=O) groups excluding carboxylic acids is 1. The van der Waals surface area contributed by atoms with Gasteiger partial charge in [-0.2, -0.15) is 0 Å². The molecule has 1 aliphatic rings. The highest BCUT2D eigenvalue weighted by Crippen LogP contribution is 2.36. The highest BCUT2D eigenvalue weighted by Gasteiger charge is 2.49. The molecule has 1 heterocycles. The van der Waals surface area contributed by atoms with E-state index < -0.39 is 31.4 Å². The molecule has 28 heavy (non-hydrogen) atoms. The molecular formula is C17H16Cl2N2O5S2. The van der Waals surface area contributed by atoms with E-state index in [0.717, 1.165) is 0 Å². The van der Waals surface area contributed by atoms with Gasteiger partial charge in [-0.1, -0.05) is 23.2 Å². The second-order valence-electron chi connectivity index (χ2n) is 6.93. The van der Waals surface area contributed by atoms with Gasteiger partial charge in [0.05, 0.1) is 32.5 Å². The van der Waals surface area contributed by atoms with Gasteiger partial charge in [0.1, 0.15) is 0 Å². The van der Waals surface area contributed by atoms with Crippen LogP contribution >= 0.6 is 23.2 Å². The summed E-state index contributed by atoms with van der Waals surface area (Å²) in [6.07, 6.45) is 0. The zero-order chi connectivity index (χ0) is 20.9. The summed E-state index contributed by atoms with van der Waals surface area (Å²) in [5.74, 6) is -0.871. The van der Waals surface area contributed by atoms with Crippen LogP contribution in [0.3, 0.4) is 0 Å². The number of amides is 1. The summed E-state index contributed by atoms with van der Waals surface area (Å²) in [5.41, 5.74) is -0.815. The minimum atomic E-state index is -3.98. The third-order valence-electron chi connectivity index (χ3n) is 4.14. The lowest BCUT2D eigenvalue weighted by Crippen LogP contribution is -2.32. The topological polar surface area (TPSA) is 101 Å². The molecule has 0 unspecified atom stereocenters. The molecule has 7 nitrogen and oxygen atoms in total. The maximum Gasteiger partial charge on any atom is 0.261 e. The second kappa shape index (κ2) is 6.91. The van der Waals surface area contributed by atoms with Gasteiger partial charge in [-0.05, 0) is 56.3 Å². The van der Waals surface area contributed by atoms with Gasteiger partial charge in [0, 0.05) is 5.02 Å². The Bertz CT molecular complexity index is 1160. The molecule has 1 fully saturated rings. The summed E-state index contributed by atoms with van der Waals surface area (Å²) in [4.78, 5) is 12.3. The monoisotopic (exact) mass is 462 g/mol. The fraction of sp³-hybridized carbons (Fsp3) is 0.235. The number of halogens is 2. The summed E-state index contributed by atoms with van der Waals surface area (Å²) >= 11 is 11.8. The molecule has 0 atom stereocenters. The van der Waals surface area contributed by atoms with Crippen molar-refractivity contribution in [2.75, 3.05) is 14.8 Å². The molecule has 1 saturated heterocycles. The maximum absolute atomic E-state index is 12.6. The lowest BCUT2D eigenvalue weighted by Gasteiger charge is -2.18. The molecule has 0 bridgehead atoms. The van der Waals surface area contributed by atoms with Crippen LogP contribution in [0.1, 0.15) is 13.8 Å². The Morgan fingerprint density at radius 1 is 1.07 bits per heavy atom. The minimum absolute atomic E-state index is 0.0825. The largest absolute Gasteiger partial charge is 0.278 e. The molecule has 11 heteroatoms. The quantitative estimate of drug-likeness (QED) is 0.748. The fourth-order valence-electron chi connectivity index (χ4n) is 2.80. The summed E-state index contributed by atoms with van der Waals surface area (Å²) in [6.45, 7) is 3.09. The van der Waals surface area contributed by atoms with Crippen LogP contribution in [0.5, 0.6) is 0 Å². The molecule has 0 aliphatic carbocycles. The first kappa shape index (κ1) is 20.9. The number of rotatable bonds is 4. The lowest BCUT2D eigenvalue weighted by atomic mass is 9.95. The van der Waals surface area contributed by atoms with E-state index in [4.69, 9.17) is 23.2 Å². The molecule has 1 N–H and O–H groups in total. The lowest BCUT2D eigenvalue weighted by molar-refractivity contribution is -0.123. The first-order chi connectivity index (χ1) is 12.8. The van der Waals surface area contributed by atoms with E-state index >= 15 is 0 Å². The predicted molar refractivity (Wildman–Crippen MR) is 109 cm³/mol. The second-order valence-corrected chi connectivity index (χ2v) is 11.3. The molecule has 0 aromatic heterocycles. The van der Waals surface area contributed by atoms with Gasteiger partial charge in [-0.15, -0.1) is 0 Å². The maximum atomic E-state index is 12.6. The number of hydrogen-bond donors (Lipinski definition) is 1. The Labute approximate surface area is 173 Å². The summed E-state index contributed by atoms with van der Waals surface area (Å²) in [5, 5.41) is 0.486. The summed E-state index contributed by atoms with van der Waals surface area (Å²) in [7, 11) is -7.80. The Morgan fingerprint density at radius 2 is 1.68 bits per heavy atom. The molecule has 3 rings (SSSR count). The van der Waals surface area contributed by atoms with Gasteiger partial charge in [0.25, 0.3) is 10.0 Å². The van der Waals surface area contributed by atoms with Crippen LogP contribution < -0.4 is 9.03 Å². The molecule has 2 aromatic carbocycles. The van der Waals surface area contributed by atoms with Gasteiger partial charge in [0.2, 0.25) is 15.9 Å². The number of anilines is 2. The van der Waals surface area contributed by atoms with Crippen molar-refractivity contribution < 1.29 is 21.6 Å². The SMILES string of the molecule is CC1(C)CS(=O)(=O)N(c2ccc(S(=O)(=O)Nc3ccc(Cl)cc3Cl)cc2)C1=O. The van der Waals surface area contributed by atoms with E-state index in [9.17, 15) is 21.6 Å². The Morgan fingerprint density at radius 3 is 2.18 bits per heavy atom. The van der Waals surface area contributed by atoms with Crippen molar-refractivity contribution in [1.29, 1.82) is 0 Å². The van der Waals surface area contributed by atoms with E-state index in [1.165, 1.54) is 42.5 Å².